The number of hydrogen-bond acceptors (Lipinski definition) is 4. The molecule has 0 fully saturated rings. The summed E-state index contributed by atoms with van der Waals surface area (Å²) in [5.41, 5.74) is 2.56. The van der Waals surface area contributed by atoms with E-state index >= 15 is 0 Å². The second kappa shape index (κ2) is 7.33. The summed E-state index contributed by atoms with van der Waals surface area (Å²) < 4.78 is 10.3. The molecule has 2 aromatic carbocycles. The van der Waals surface area contributed by atoms with Crippen molar-refractivity contribution in [2.75, 3.05) is 14.2 Å². The zero-order valence-electron chi connectivity index (χ0n) is 12.7. The van der Waals surface area contributed by atoms with Gasteiger partial charge in [-0.05, 0) is 41.5 Å². The van der Waals surface area contributed by atoms with E-state index in [0.29, 0.717) is 5.76 Å². The molecule has 0 amide bonds. The van der Waals surface area contributed by atoms with E-state index in [1.54, 1.807) is 20.3 Å². The maximum absolute atomic E-state index is 5.40. The average molecular weight is 297 g/mol. The molecule has 4 heteroatoms. The van der Waals surface area contributed by atoms with Gasteiger partial charge in [0.25, 0.3) is 0 Å². The molecule has 0 saturated carbocycles. The third kappa shape index (κ3) is 3.68. The maximum atomic E-state index is 5.40. The summed E-state index contributed by atoms with van der Waals surface area (Å²) in [6.45, 7) is 4.05. The number of hydrogen-bond donors (Lipinski definition) is 1. The molecule has 2 N–H and O–H groups in total. The summed E-state index contributed by atoms with van der Waals surface area (Å²) in [4.78, 5) is 4.99. The molecular weight excluding hydrogens is 278 g/mol. The van der Waals surface area contributed by atoms with Gasteiger partial charge in [0.2, 0.25) is 0 Å². The summed E-state index contributed by atoms with van der Waals surface area (Å²) >= 11 is 0. The fourth-order valence-corrected chi connectivity index (χ4v) is 2.01. The van der Waals surface area contributed by atoms with Crippen LogP contribution >= 0.6 is 0 Å². The molecule has 0 unspecified atom stereocenters. The molecule has 114 valence electrons. The van der Waals surface area contributed by atoms with Crippen LogP contribution in [0.25, 0.3) is 11.3 Å². The fraction of sp³-hybridized carbons (Fsp3) is 0.111. The SMILES string of the molecule is C=C(/C=C(\ON)c1cccc(OC)c1)c1ccc(OC)cc1. The van der Waals surface area contributed by atoms with Crippen LogP contribution in [0.5, 0.6) is 11.5 Å². The van der Waals surface area contributed by atoms with Crippen molar-refractivity contribution < 1.29 is 14.3 Å². The number of nitrogens with two attached hydrogens (primary N) is 1. The van der Waals surface area contributed by atoms with Crippen LogP contribution in [-0.2, 0) is 4.84 Å². The molecule has 0 radical (unpaired) electrons. The van der Waals surface area contributed by atoms with Crippen LogP contribution in [0.2, 0.25) is 0 Å². The van der Waals surface area contributed by atoms with E-state index in [2.05, 4.69) is 6.58 Å². The number of ether oxygens (including phenoxy) is 2. The van der Waals surface area contributed by atoms with Crippen LogP contribution in [0.3, 0.4) is 0 Å². The van der Waals surface area contributed by atoms with E-state index in [1.807, 2.05) is 48.5 Å². The lowest BCUT2D eigenvalue weighted by Crippen LogP contribution is -1.99. The van der Waals surface area contributed by atoms with Gasteiger partial charge in [0.1, 0.15) is 11.5 Å². The minimum absolute atomic E-state index is 0.514. The first kappa shape index (κ1) is 15.7. The van der Waals surface area contributed by atoms with Gasteiger partial charge < -0.3 is 14.3 Å². The van der Waals surface area contributed by atoms with Crippen LogP contribution in [-0.4, -0.2) is 14.2 Å². The van der Waals surface area contributed by atoms with Crippen molar-refractivity contribution in [1.29, 1.82) is 0 Å². The van der Waals surface area contributed by atoms with Gasteiger partial charge in [-0.2, -0.15) is 5.90 Å². The molecule has 22 heavy (non-hydrogen) atoms. The van der Waals surface area contributed by atoms with Crippen molar-refractivity contribution in [3.63, 3.8) is 0 Å². The van der Waals surface area contributed by atoms with Crippen molar-refractivity contribution in [2.45, 2.75) is 0 Å². The highest BCUT2D eigenvalue weighted by molar-refractivity contribution is 5.80. The predicted octanol–water partition coefficient (Wildman–Crippen LogP) is 3.65. The quantitative estimate of drug-likeness (QED) is 0.502. The van der Waals surface area contributed by atoms with Crippen molar-refractivity contribution in [3.05, 3.63) is 72.3 Å². The van der Waals surface area contributed by atoms with E-state index in [-0.39, 0.29) is 0 Å². The van der Waals surface area contributed by atoms with Gasteiger partial charge in [-0.1, -0.05) is 30.8 Å². The number of benzene rings is 2. The maximum Gasteiger partial charge on any atom is 0.154 e. The lowest BCUT2D eigenvalue weighted by molar-refractivity contribution is 0.290. The molecule has 2 aromatic rings. The average Bonchev–Trinajstić information content (AvgIpc) is 2.59. The Bertz CT molecular complexity index is 675. The summed E-state index contributed by atoms with van der Waals surface area (Å²) in [6.07, 6.45) is 1.79. The third-order valence-corrected chi connectivity index (χ3v) is 3.25. The Labute approximate surface area is 130 Å². The summed E-state index contributed by atoms with van der Waals surface area (Å²) in [7, 11) is 3.25. The number of methoxy groups -OCH3 is 2. The summed E-state index contributed by atoms with van der Waals surface area (Å²) in [6, 6.07) is 15.1. The van der Waals surface area contributed by atoms with E-state index in [4.69, 9.17) is 20.2 Å². The minimum Gasteiger partial charge on any atom is -0.497 e. The third-order valence-electron chi connectivity index (χ3n) is 3.25. The van der Waals surface area contributed by atoms with Crippen molar-refractivity contribution in [2.24, 2.45) is 5.90 Å². The molecular formula is C18H19NO3. The Hall–Kier alpha value is -2.72. The lowest BCUT2D eigenvalue weighted by atomic mass is 10.0. The fourth-order valence-electron chi connectivity index (χ4n) is 2.01. The van der Waals surface area contributed by atoms with E-state index in [9.17, 15) is 0 Å². The zero-order chi connectivity index (χ0) is 15.9. The zero-order valence-corrected chi connectivity index (χ0v) is 12.7. The molecule has 0 bridgehead atoms. The van der Waals surface area contributed by atoms with Gasteiger partial charge in [0, 0.05) is 5.56 Å². The number of rotatable bonds is 6. The summed E-state index contributed by atoms with van der Waals surface area (Å²) in [5, 5.41) is 0. The second-order valence-corrected chi connectivity index (χ2v) is 4.61. The highest BCUT2D eigenvalue weighted by Crippen LogP contribution is 2.25. The van der Waals surface area contributed by atoms with Crippen LogP contribution in [0.4, 0.5) is 0 Å². The number of allylic oxidation sites excluding steroid dienone is 2. The topological polar surface area (TPSA) is 53.7 Å². The molecule has 0 aliphatic heterocycles. The molecule has 0 heterocycles. The van der Waals surface area contributed by atoms with Crippen LogP contribution in [0.1, 0.15) is 11.1 Å². The van der Waals surface area contributed by atoms with Crippen LogP contribution in [0, 0.1) is 0 Å². The first-order valence-corrected chi connectivity index (χ1v) is 6.74. The van der Waals surface area contributed by atoms with Gasteiger partial charge in [-0.15, -0.1) is 0 Å². The van der Waals surface area contributed by atoms with Gasteiger partial charge in [-0.25, -0.2) is 0 Å². The molecule has 4 nitrogen and oxygen atoms in total. The normalized spacial score (nSPS) is 11.0. The smallest absolute Gasteiger partial charge is 0.154 e. The first-order valence-electron chi connectivity index (χ1n) is 6.74. The monoisotopic (exact) mass is 297 g/mol. The molecule has 0 aliphatic rings. The highest BCUT2D eigenvalue weighted by atomic mass is 16.6. The summed E-state index contributed by atoms with van der Waals surface area (Å²) in [5.74, 6) is 7.44. The Morgan fingerprint density at radius 2 is 1.64 bits per heavy atom. The van der Waals surface area contributed by atoms with Gasteiger partial charge in [-0.3, -0.25) is 0 Å². The Morgan fingerprint density at radius 1 is 0.955 bits per heavy atom. The standard InChI is InChI=1S/C18H19NO3/c1-13(14-7-9-16(20-2)10-8-14)11-18(22-19)15-5-4-6-17(12-15)21-3/h4-12H,1,19H2,2-3H3/b18-11-. The first-order chi connectivity index (χ1) is 10.7. The highest BCUT2D eigenvalue weighted by Gasteiger charge is 2.06. The lowest BCUT2D eigenvalue weighted by Gasteiger charge is -2.09. The van der Waals surface area contributed by atoms with Crippen molar-refractivity contribution in [3.8, 4) is 11.5 Å². The van der Waals surface area contributed by atoms with Crippen molar-refractivity contribution >= 4 is 11.3 Å². The van der Waals surface area contributed by atoms with Crippen LogP contribution in [0.15, 0.2) is 61.2 Å². The van der Waals surface area contributed by atoms with Gasteiger partial charge in [0.05, 0.1) is 14.2 Å². The Kier molecular flexibility index (Phi) is 5.22. The van der Waals surface area contributed by atoms with E-state index < -0.39 is 0 Å². The van der Waals surface area contributed by atoms with Crippen molar-refractivity contribution in [1.82, 2.24) is 0 Å². The molecule has 0 saturated heterocycles. The largest absolute Gasteiger partial charge is 0.497 e. The van der Waals surface area contributed by atoms with Gasteiger partial charge in [0.15, 0.2) is 5.76 Å². The molecule has 0 atom stereocenters. The Balaban J connectivity index is 2.28. The molecule has 2 rings (SSSR count). The van der Waals surface area contributed by atoms with E-state index in [0.717, 1.165) is 28.2 Å². The second-order valence-electron chi connectivity index (χ2n) is 4.61. The predicted molar refractivity (Wildman–Crippen MR) is 88.3 cm³/mol. The molecule has 0 aromatic heterocycles. The molecule has 0 aliphatic carbocycles. The minimum atomic E-state index is 0.514. The Morgan fingerprint density at radius 3 is 2.23 bits per heavy atom. The van der Waals surface area contributed by atoms with E-state index in [1.165, 1.54) is 0 Å². The van der Waals surface area contributed by atoms with Crippen LogP contribution < -0.4 is 15.4 Å². The molecule has 0 spiro atoms. The van der Waals surface area contributed by atoms with Gasteiger partial charge >= 0.3 is 0 Å².